The quantitative estimate of drug-likeness (QED) is 0.279. The second kappa shape index (κ2) is 11.4. The molecule has 6 rings (SSSR count). The number of benzene rings is 2. The number of esters is 1. The number of ether oxygens (including phenoxy) is 3. The van der Waals surface area contributed by atoms with Crippen LogP contribution in [-0.4, -0.2) is 57.8 Å². The molecule has 5 atom stereocenters. The Morgan fingerprint density at radius 3 is 2.10 bits per heavy atom. The molecular formula is C31H30N2O6S2. The topological polar surface area (TPSA) is 85.4 Å². The second-order valence-electron chi connectivity index (χ2n) is 10.2. The van der Waals surface area contributed by atoms with Gasteiger partial charge in [-0.3, -0.25) is 19.3 Å². The van der Waals surface area contributed by atoms with Gasteiger partial charge in [-0.05, 0) is 36.4 Å². The van der Waals surface area contributed by atoms with Crippen LogP contribution in [0.1, 0.15) is 38.0 Å². The zero-order valence-electron chi connectivity index (χ0n) is 22.8. The van der Waals surface area contributed by atoms with Crippen molar-refractivity contribution in [2.24, 2.45) is 0 Å². The number of rotatable bonds is 7. The van der Waals surface area contributed by atoms with Crippen LogP contribution >= 0.6 is 23.1 Å². The zero-order valence-corrected chi connectivity index (χ0v) is 24.4. The Morgan fingerprint density at radius 1 is 0.951 bits per heavy atom. The highest BCUT2D eigenvalue weighted by Crippen LogP contribution is 2.47. The lowest BCUT2D eigenvalue weighted by molar-refractivity contribution is -0.148. The van der Waals surface area contributed by atoms with Crippen LogP contribution in [-0.2, 0) is 28.6 Å². The molecule has 2 aromatic carbocycles. The number of anilines is 1. The normalized spacial score (nSPS) is 27.2. The van der Waals surface area contributed by atoms with E-state index in [-0.39, 0.29) is 24.0 Å². The fourth-order valence-corrected chi connectivity index (χ4v) is 7.39. The molecule has 8 nitrogen and oxygen atoms in total. The number of hydrogen-bond acceptors (Lipinski definition) is 8. The van der Waals surface area contributed by atoms with Gasteiger partial charge in [0.2, 0.25) is 5.91 Å². The number of carbonyl (C=O) groups is 3. The molecule has 3 aliphatic rings. The molecule has 41 heavy (non-hydrogen) atoms. The molecule has 2 saturated heterocycles. The third-order valence-electron chi connectivity index (χ3n) is 7.58. The van der Waals surface area contributed by atoms with E-state index in [9.17, 15) is 14.4 Å². The maximum absolute atomic E-state index is 14.1. The van der Waals surface area contributed by atoms with Crippen molar-refractivity contribution in [1.82, 2.24) is 4.90 Å². The Balaban J connectivity index is 1.34. The highest BCUT2D eigenvalue weighted by molar-refractivity contribution is 8.01. The van der Waals surface area contributed by atoms with Crippen molar-refractivity contribution >= 4 is 46.6 Å². The minimum atomic E-state index is -0.819. The maximum atomic E-state index is 14.1. The van der Waals surface area contributed by atoms with Gasteiger partial charge in [0.05, 0.1) is 17.9 Å². The van der Waals surface area contributed by atoms with Crippen LogP contribution < -0.4 is 4.90 Å². The van der Waals surface area contributed by atoms with Gasteiger partial charge in [0, 0.05) is 24.1 Å². The summed E-state index contributed by atoms with van der Waals surface area (Å²) in [7, 11) is 0. The summed E-state index contributed by atoms with van der Waals surface area (Å²) in [6.45, 7) is 5.27. The SMILES string of the molecule is CC(=O)N(c1ccsc1)C1C(=O)N2C=C(C3OC(C)C(C)O3)C(C(=O)OC(c3ccccc3)c3ccccc3)S[C@H]12. The number of fused-ring (bicyclic) bond motifs is 1. The highest BCUT2D eigenvalue weighted by Gasteiger charge is 2.57. The largest absolute Gasteiger partial charge is 0.451 e. The molecule has 4 heterocycles. The first-order chi connectivity index (χ1) is 19.8. The van der Waals surface area contributed by atoms with Crippen molar-refractivity contribution in [3.63, 3.8) is 0 Å². The molecule has 212 valence electrons. The Kier molecular flexibility index (Phi) is 7.74. The molecule has 1 aromatic heterocycles. The van der Waals surface area contributed by atoms with Crippen LogP contribution in [0, 0.1) is 0 Å². The number of hydrogen-bond donors (Lipinski definition) is 0. The highest BCUT2D eigenvalue weighted by atomic mass is 32.2. The fraction of sp³-hybridized carbons (Fsp3) is 0.323. The van der Waals surface area contributed by atoms with Crippen molar-refractivity contribution in [2.75, 3.05) is 4.90 Å². The van der Waals surface area contributed by atoms with E-state index in [0.717, 1.165) is 11.1 Å². The molecule has 0 radical (unpaired) electrons. The first-order valence-corrected chi connectivity index (χ1v) is 15.3. The first-order valence-electron chi connectivity index (χ1n) is 13.5. The van der Waals surface area contributed by atoms with Crippen LogP contribution in [0.3, 0.4) is 0 Å². The lowest BCUT2D eigenvalue weighted by atomic mass is 10.0. The van der Waals surface area contributed by atoms with E-state index in [2.05, 4.69) is 0 Å². The Hall–Kier alpha value is -3.44. The maximum Gasteiger partial charge on any atom is 0.324 e. The standard InChI is InChI=1S/C31H30N2O6S2/c1-18-19(2)38-31(37-18)24-16-32-28(35)25(33(20(3)34)23-14-15-40-17-23)29(32)41-27(24)30(36)39-26(21-10-6-4-7-11-21)22-12-8-5-9-13-22/h4-19,25-27,29,31H,1-3H3/t18?,19?,25?,27?,29-,31?/m1/s1. The van der Waals surface area contributed by atoms with Gasteiger partial charge in [-0.15, -0.1) is 11.8 Å². The van der Waals surface area contributed by atoms with Crippen LogP contribution in [0.5, 0.6) is 0 Å². The molecule has 2 amide bonds. The van der Waals surface area contributed by atoms with Gasteiger partial charge in [-0.1, -0.05) is 60.7 Å². The van der Waals surface area contributed by atoms with Crippen LogP contribution in [0.4, 0.5) is 5.69 Å². The first kappa shape index (κ1) is 27.7. The average Bonchev–Trinajstić information content (AvgIpc) is 3.64. The number of carbonyl (C=O) groups excluding carboxylic acids is 3. The molecule has 10 heteroatoms. The number of β-lactam (4-membered cyclic amide) rings is 1. The van der Waals surface area contributed by atoms with Crippen molar-refractivity contribution in [3.8, 4) is 0 Å². The summed E-state index contributed by atoms with van der Waals surface area (Å²) in [5, 5.41) is 2.41. The molecule has 4 unspecified atom stereocenters. The van der Waals surface area contributed by atoms with Gasteiger partial charge in [-0.25, -0.2) is 0 Å². The molecular weight excluding hydrogens is 560 g/mol. The second-order valence-corrected chi connectivity index (χ2v) is 12.3. The molecule has 0 spiro atoms. The summed E-state index contributed by atoms with van der Waals surface area (Å²) >= 11 is 2.73. The molecule has 0 N–H and O–H groups in total. The summed E-state index contributed by atoms with van der Waals surface area (Å²) in [5.41, 5.74) is 2.86. The number of thioether (sulfide) groups is 1. The van der Waals surface area contributed by atoms with E-state index in [1.54, 1.807) is 11.1 Å². The van der Waals surface area contributed by atoms with Gasteiger partial charge in [0.25, 0.3) is 5.91 Å². The van der Waals surface area contributed by atoms with E-state index < -0.39 is 35.0 Å². The average molecular weight is 591 g/mol. The summed E-state index contributed by atoms with van der Waals surface area (Å²) in [6, 6.07) is 20.2. The van der Waals surface area contributed by atoms with Crippen molar-refractivity contribution < 1.29 is 28.6 Å². The third-order valence-corrected chi connectivity index (χ3v) is 9.75. The molecule has 0 aliphatic carbocycles. The summed E-state index contributed by atoms with van der Waals surface area (Å²) < 4.78 is 18.4. The Labute approximate surface area is 246 Å². The molecule has 2 fully saturated rings. The Morgan fingerprint density at radius 2 is 1.56 bits per heavy atom. The molecule has 3 aromatic rings. The van der Waals surface area contributed by atoms with E-state index in [1.165, 1.54) is 34.9 Å². The number of thiophene rings is 1. The van der Waals surface area contributed by atoms with Crippen LogP contribution in [0.2, 0.25) is 0 Å². The van der Waals surface area contributed by atoms with E-state index in [0.29, 0.717) is 11.3 Å². The van der Waals surface area contributed by atoms with Gasteiger partial charge >= 0.3 is 5.97 Å². The minimum absolute atomic E-state index is 0.187. The lowest BCUT2D eigenvalue weighted by Gasteiger charge is -2.52. The van der Waals surface area contributed by atoms with Crippen molar-refractivity contribution in [3.05, 3.63) is 100 Å². The van der Waals surface area contributed by atoms with E-state index in [4.69, 9.17) is 14.2 Å². The number of nitrogens with zero attached hydrogens (tertiary/aromatic N) is 2. The lowest BCUT2D eigenvalue weighted by Crippen LogP contribution is -2.70. The molecule has 0 saturated carbocycles. The van der Waals surface area contributed by atoms with Gasteiger partial charge < -0.3 is 19.1 Å². The third kappa shape index (κ3) is 5.21. The van der Waals surface area contributed by atoms with Crippen molar-refractivity contribution in [1.29, 1.82) is 0 Å². The predicted octanol–water partition coefficient (Wildman–Crippen LogP) is 5.12. The van der Waals surface area contributed by atoms with Crippen LogP contribution in [0.15, 0.2) is 89.3 Å². The predicted molar refractivity (Wildman–Crippen MR) is 157 cm³/mol. The summed E-state index contributed by atoms with van der Waals surface area (Å²) in [5.74, 6) is -0.936. The van der Waals surface area contributed by atoms with E-state index in [1.807, 2.05) is 91.3 Å². The molecule has 3 aliphatic heterocycles. The van der Waals surface area contributed by atoms with Gasteiger partial charge in [0.1, 0.15) is 16.7 Å². The zero-order chi connectivity index (χ0) is 28.7. The number of amides is 2. The van der Waals surface area contributed by atoms with Gasteiger partial charge in [0.15, 0.2) is 12.4 Å². The Bertz CT molecular complexity index is 1400. The smallest absolute Gasteiger partial charge is 0.324 e. The minimum Gasteiger partial charge on any atom is -0.451 e. The van der Waals surface area contributed by atoms with Crippen LogP contribution in [0.25, 0.3) is 0 Å². The van der Waals surface area contributed by atoms with Crippen molar-refractivity contribution in [2.45, 2.75) is 62.0 Å². The summed E-state index contributed by atoms with van der Waals surface area (Å²) in [6.07, 6.45) is -0.147. The monoisotopic (exact) mass is 590 g/mol. The molecule has 0 bridgehead atoms. The fourth-order valence-electron chi connectivity index (χ4n) is 5.30. The van der Waals surface area contributed by atoms with E-state index >= 15 is 0 Å². The van der Waals surface area contributed by atoms with Gasteiger partial charge in [-0.2, -0.15) is 11.3 Å². The summed E-state index contributed by atoms with van der Waals surface area (Å²) in [4.78, 5) is 43.3.